The summed E-state index contributed by atoms with van der Waals surface area (Å²) in [6.07, 6.45) is 2.69. The second-order valence-corrected chi connectivity index (χ2v) is 5.73. The summed E-state index contributed by atoms with van der Waals surface area (Å²) in [6, 6.07) is 0. The van der Waals surface area contributed by atoms with E-state index in [-0.39, 0.29) is 23.5 Å². The molecule has 0 spiro atoms. The van der Waals surface area contributed by atoms with Crippen LogP contribution in [0.15, 0.2) is 0 Å². The highest BCUT2D eigenvalue weighted by Gasteiger charge is 2.38. The fourth-order valence-electron chi connectivity index (χ4n) is 2.56. The van der Waals surface area contributed by atoms with Gasteiger partial charge in [-0.15, -0.1) is 0 Å². The monoisotopic (exact) mass is 226 g/mol. The summed E-state index contributed by atoms with van der Waals surface area (Å²) in [5, 5.41) is 0. The van der Waals surface area contributed by atoms with Gasteiger partial charge in [0.1, 0.15) is 6.10 Å². The molecule has 16 heavy (non-hydrogen) atoms. The van der Waals surface area contributed by atoms with Crippen molar-refractivity contribution in [2.45, 2.75) is 45.3 Å². The van der Waals surface area contributed by atoms with Gasteiger partial charge in [-0.2, -0.15) is 0 Å². The van der Waals surface area contributed by atoms with E-state index >= 15 is 0 Å². The first-order chi connectivity index (χ1) is 7.52. The molecular weight excluding hydrogens is 204 g/mol. The number of nitrogens with two attached hydrogens (primary N) is 1. The summed E-state index contributed by atoms with van der Waals surface area (Å²) >= 11 is 0. The molecule has 0 bridgehead atoms. The van der Waals surface area contributed by atoms with Crippen molar-refractivity contribution in [3.8, 4) is 0 Å². The molecule has 0 aromatic rings. The smallest absolute Gasteiger partial charge is 0.251 e. The lowest BCUT2D eigenvalue weighted by molar-refractivity contribution is -0.142. The second-order valence-electron chi connectivity index (χ2n) is 5.73. The maximum absolute atomic E-state index is 12.2. The third kappa shape index (κ3) is 2.38. The van der Waals surface area contributed by atoms with E-state index in [2.05, 4.69) is 13.8 Å². The van der Waals surface area contributed by atoms with Crippen LogP contribution < -0.4 is 5.73 Å². The Morgan fingerprint density at radius 2 is 2.25 bits per heavy atom. The number of rotatable bonds is 2. The van der Waals surface area contributed by atoms with E-state index in [0.717, 1.165) is 32.4 Å². The molecule has 2 unspecified atom stereocenters. The van der Waals surface area contributed by atoms with Crippen LogP contribution in [0.5, 0.6) is 0 Å². The third-order valence-electron chi connectivity index (χ3n) is 3.63. The number of amides is 1. The molecule has 2 fully saturated rings. The van der Waals surface area contributed by atoms with Crippen LogP contribution in [0.1, 0.15) is 33.1 Å². The van der Waals surface area contributed by atoms with Gasteiger partial charge in [0.05, 0.1) is 6.10 Å². The van der Waals surface area contributed by atoms with Gasteiger partial charge in [-0.05, 0) is 24.7 Å². The maximum atomic E-state index is 12.2. The highest BCUT2D eigenvalue weighted by molar-refractivity contribution is 5.81. The molecule has 0 aliphatic carbocycles. The summed E-state index contributed by atoms with van der Waals surface area (Å²) in [5.74, 6) is 0.168. The van der Waals surface area contributed by atoms with Gasteiger partial charge in [0.15, 0.2) is 0 Å². The first-order valence-corrected chi connectivity index (χ1v) is 6.16. The molecule has 2 rings (SSSR count). The van der Waals surface area contributed by atoms with Crippen molar-refractivity contribution in [3.05, 3.63) is 0 Å². The molecule has 2 heterocycles. The summed E-state index contributed by atoms with van der Waals surface area (Å²) in [4.78, 5) is 14.1. The summed E-state index contributed by atoms with van der Waals surface area (Å²) in [6.45, 7) is 6.67. The number of likely N-dealkylation sites (tertiary alicyclic amines) is 1. The average molecular weight is 226 g/mol. The van der Waals surface area contributed by atoms with Gasteiger partial charge in [0.2, 0.25) is 0 Å². The van der Waals surface area contributed by atoms with Crippen molar-refractivity contribution >= 4 is 5.91 Å². The zero-order valence-electron chi connectivity index (χ0n) is 10.2. The zero-order chi connectivity index (χ0) is 11.8. The molecule has 2 N–H and O–H groups in total. The maximum Gasteiger partial charge on any atom is 0.251 e. The van der Waals surface area contributed by atoms with Crippen molar-refractivity contribution in [2.24, 2.45) is 11.1 Å². The van der Waals surface area contributed by atoms with Crippen molar-refractivity contribution in [1.29, 1.82) is 0 Å². The number of hydrogen-bond donors (Lipinski definition) is 1. The highest BCUT2D eigenvalue weighted by Crippen LogP contribution is 2.31. The molecule has 2 saturated heterocycles. The number of carbonyl (C=O) groups is 1. The summed E-state index contributed by atoms with van der Waals surface area (Å²) < 4.78 is 5.64. The van der Waals surface area contributed by atoms with E-state index in [0.29, 0.717) is 6.54 Å². The minimum atomic E-state index is -0.234. The molecule has 0 aromatic heterocycles. The van der Waals surface area contributed by atoms with E-state index < -0.39 is 0 Å². The third-order valence-corrected chi connectivity index (χ3v) is 3.63. The van der Waals surface area contributed by atoms with Crippen molar-refractivity contribution in [2.75, 3.05) is 19.6 Å². The molecule has 4 nitrogen and oxygen atoms in total. The Hall–Kier alpha value is -0.610. The molecule has 0 radical (unpaired) electrons. The first kappa shape index (κ1) is 11.9. The van der Waals surface area contributed by atoms with Crippen LogP contribution in [0.4, 0.5) is 0 Å². The van der Waals surface area contributed by atoms with Gasteiger partial charge >= 0.3 is 0 Å². The number of hydrogen-bond acceptors (Lipinski definition) is 3. The molecule has 0 aromatic carbocycles. The molecule has 92 valence electrons. The average Bonchev–Trinajstić information content (AvgIpc) is 2.83. The van der Waals surface area contributed by atoms with E-state index in [1.807, 2.05) is 4.90 Å². The van der Waals surface area contributed by atoms with Gasteiger partial charge < -0.3 is 15.4 Å². The van der Waals surface area contributed by atoms with Crippen LogP contribution in [0.25, 0.3) is 0 Å². The topological polar surface area (TPSA) is 55.6 Å². The minimum Gasteiger partial charge on any atom is -0.364 e. The van der Waals surface area contributed by atoms with Crippen LogP contribution in [-0.4, -0.2) is 42.6 Å². The fraction of sp³-hybridized carbons (Fsp3) is 0.917. The second kappa shape index (κ2) is 4.34. The zero-order valence-corrected chi connectivity index (χ0v) is 10.2. The predicted octanol–water partition coefficient (Wildman–Crippen LogP) is 0.751. The lowest BCUT2D eigenvalue weighted by atomic mass is 9.93. The van der Waals surface area contributed by atoms with Gasteiger partial charge in [-0.3, -0.25) is 4.79 Å². The summed E-state index contributed by atoms with van der Waals surface area (Å²) in [5.41, 5.74) is 5.81. The quantitative estimate of drug-likeness (QED) is 0.756. The Morgan fingerprint density at radius 3 is 2.75 bits per heavy atom. The minimum absolute atomic E-state index is 0.0876. The van der Waals surface area contributed by atoms with Crippen molar-refractivity contribution in [3.63, 3.8) is 0 Å². The molecule has 2 aliphatic rings. The van der Waals surface area contributed by atoms with Crippen molar-refractivity contribution < 1.29 is 9.53 Å². The molecule has 4 heteroatoms. The number of ether oxygens (including phenoxy) is 1. The van der Waals surface area contributed by atoms with Crippen LogP contribution in [0, 0.1) is 5.41 Å². The SMILES string of the molecule is CC1(C)CCN(C(=O)C2CCC(CN)O2)C1. The highest BCUT2D eigenvalue weighted by atomic mass is 16.5. The molecule has 1 amide bonds. The van der Waals surface area contributed by atoms with E-state index in [1.54, 1.807) is 0 Å². The first-order valence-electron chi connectivity index (χ1n) is 6.16. The van der Waals surface area contributed by atoms with Crippen LogP contribution >= 0.6 is 0 Å². The molecule has 2 atom stereocenters. The standard InChI is InChI=1S/C12H22N2O2/c1-12(2)5-6-14(8-12)11(15)10-4-3-9(7-13)16-10/h9-10H,3-8,13H2,1-2H3. The summed E-state index contributed by atoms with van der Waals surface area (Å²) in [7, 11) is 0. The molecule has 2 aliphatic heterocycles. The molecular formula is C12H22N2O2. The number of nitrogens with zero attached hydrogens (tertiary/aromatic N) is 1. The Morgan fingerprint density at radius 1 is 1.50 bits per heavy atom. The Bertz CT molecular complexity index is 278. The molecule has 0 saturated carbocycles. The van der Waals surface area contributed by atoms with Gasteiger partial charge in [0.25, 0.3) is 5.91 Å². The largest absolute Gasteiger partial charge is 0.364 e. The lowest BCUT2D eigenvalue weighted by Gasteiger charge is -2.22. The van der Waals surface area contributed by atoms with E-state index in [1.165, 1.54) is 0 Å². The van der Waals surface area contributed by atoms with E-state index in [9.17, 15) is 4.79 Å². The van der Waals surface area contributed by atoms with Gasteiger partial charge in [-0.1, -0.05) is 13.8 Å². The van der Waals surface area contributed by atoms with Crippen molar-refractivity contribution in [1.82, 2.24) is 4.90 Å². The van der Waals surface area contributed by atoms with E-state index in [4.69, 9.17) is 10.5 Å². The van der Waals surface area contributed by atoms with Gasteiger partial charge in [-0.25, -0.2) is 0 Å². The predicted molar refractivity (Wildman–Crippen MR) is 61.9 cm³/mol. The number of carbonyl (C=O) groups excluding carboxylic acids is 1. The fourth-order valence-corrected chi connectivity index (χ4v) is 2.56. The normalized spacial score (nSPS) is 33.3. The Labute approximate surface area is 97.1 Å². The lowest BCUT2D eigenvalue weighted by Crippen LogP contribution is -2.39. The van der Waals surface area contributed by atoms with Crippen LogP contribution in [-0.2, 0) is 9.53 Å². The Kier molecular flexibility index (Phi) is 3.22. The Balaban J connectivity index is 1.89. The van der Waals surface area contributed by atoms with Crippen LogP contribution in [0.3, 0.4) is 0 Å². The van der Waals surface area contributed by atoms with Crippen LogP contribution in [0.2, 0.25) is 0 Å². The van der Waals surface area contributed by atoms with Gasteiger partial charge in [0, 0.05) is 19.6 Å².